The Morgan fingerprint density at radius 1 is 1.37 bits per heavy atom. The molecule has 2 fully saturated rings. The van der Waals surface area contributed by atoms with Gasteiger partial charge in [-0.3, -0.25) is 0 Å². The number of nitrogens with zero attached hydrogens (tertiary/aromatic N) is 2. The van der Waals surface area contributed by atoms with E-state index in [-0.39, 0.29) is 0 Å². The number of carboxylic acids is 1. The zero-order valence-corrected chi connectivity index (χ0v) is 12.2. The number of anilines is 1. The van der Waals surface area contributed by atoms with Crippen LogP contribution in [0.1, 0.15) is 60.8 Å². The van der Waals surface area contributed by atoms with Crippen LogP contribution in [0.2, 0.25) is 0 Å². The van der Waals surface area contributed by atoms with E-state index in [9.17, 15) is 9.90 Å². The van der Waals surface area contributed by atoms with Gasteiger partial charge in [0.25, 0.3) is 0 Å². The molecule has 0 spiro atoms. The third-order valence-corrected chi connectivity index (χ3v) is 5.52. The van der Waals surface area contributed by atoms with Crippen molar-refractivity contribution in [3.63, 3.8) is 0 Å². The van der Waals surface area contributed by atoms with E-state index in [0.29, 0.717) is 22.8 Å². The van der Waals surface area contributed by atoms with Crippen molar-refractivity contribution < 1.29 is 9.90 Å². The van der Waals surface area contributed by atoms with Gasteiger partial charge in [0.15, 0.2) is 5.13 Å². The monoisotopic (exact) mass is 280 g/mol. The first kappa shape index (κ1) is 12.9. The summed E-state index contributed by atoms with van der Waals surface area (Å²) in [5.41, 5.74) is 0.831. The molecule has 1 saturated carbocycles. The largest absolute Gasteiger partial charge is 0.477 e. The van der Waals surface area contributed by atoms with E-state index in [4.69, 9.17) is 0 Å². The molecule has 2 heterocycles. The van der Waals surface area contributed by atoms with Gasteiger partial charge < -0.3 is 10.0 Å². The molecule has 2 atom stereocenters. The van der Waals surface area contributed by atoms with E-state index in [1.807, 2.05) is 0 Å². The molecule has 0 aromatic carbocycles. The van der Waals surface area contributed by atoms with Crippen molar-refractivity contribution in [3.8, 4) is 0 Å². The number of piperidine rings is 1. The molecule has 1 N–H and O–H groups in total. The fraction of sp³-hybridized carbons (Fsp3) is 0.714. The summed E-state index contributed by atoms with van der Waals surface area (Å²) >= 11 is 1.36. The molecular weight excluding hydrogens is 260 g/mol. The number of aromatic nitrogens is 1. The minimum Gasteiger partial charge on any atom is -0.477 e. The average Bonchev–Trinajstić information content (AvgIpc) is 3.12. The molecule has 5 heteroatoms. The third kappa shape index (κ3) is 2.36. The maximum Gasteiger partial charge on any atom is 0.347 e. The van der Waals surface area contributed by atoms with Gasteiger partial charge in [-0.1, -0.05) is 18.3 Å². The highest BCUT2D eigenvalue weighted by Gasteiger charge is 2.34. The molecule has 19 heavy (non-hydrogen) atoms. The van der Waals surface area contributed by atoms with E-state index in [2.05, 4.69) is 23.7 Å². The second-order valence-electron chi connectivity index (χ2n) is 5.84. The summed E-state index contributed by atoms with van der Waals surface area (Å²) < 4.78 is 0. The number of aromatic carboxylic acids is 1. The number of thiazole rings is 1. The van der Waals surface area contributed by atoms with Gasteiger partial charge in [-0.25, -0.2) is 9.78 Å². The van der Waals surface area contributed by atoms with Gasteiger partial charge in [-0.05, 0) is 38.5 Å². The second kappa shape index (κ2) is 4.78. The number of hydrogen-bond donors (Lipinski definition) is 1. The first-order valence-electron chi connectivity index (χ1n) is 7.08. The van der Waals surface area contributed by atoms with Crippen LogP contribution in [0.5, 0.6) is 0 Å². The lowest BCUT2D eigenvalue weighted by atomic mass is 9.93. The maximum absolute atomic E-state index is 11.3. The van der Waals surface area contributed by atoms with Crippen molar-refractivity contribution >= 4 is 22.4 Å². The topological polar surface area (TPSA) is 53.4 Å². The summed E-state index contributed by atoms with van der Waals surface area (Å²) in [4.78, 5) is 18.8. The molecule has 0 amide bonds. The van der Waals surface area contributed by atoms with Gasteiger partial charge in [0.05, 0.1) is 5.69 Å². The Kier molecular flexibility index (Phi) is 3.25. The Labute approximate surface area is 117 Å². The van der Waals surface area contributed by atoms with Gasteiger partial charge in [-0.15, -0.1) is 0 Å². The van der Waals surface area contributed by atoms with Crippen LogP contribution in [-0.2, 0) is 0 Å². The smallest absolute Gasteiger partial charge is 0.347 e. The summed E-state index contributed by atoms with van der Waals surface area (Å²) in [5.74, 6) is 0.229. The standard InChI is InChI=1S/C14H20N2O2S/c1-8-4-3-7-16(9(8)2)14-15-11(10-5-6-10)12(19-14)13(17)18/h8-10H,3-7H2,1-2H3,(H,17,18). The molecule has 1 aliphatic heterocycles. The van der Waals surface area contributed by atoms with E-state index >= 15 is 0 Å². The van der Waals surface area contributed by atoms with E-state index in [1.54, 1.807) is 0 Å². The van der Waals surface area contributed by atoms with Crippen LogP contribution in [0, 0.1) is 5.92 Å². The van der Waals surface area contributed by atoms with Gasteiger partial charge in [-0.2, -0.15) is 0 Å². The Morgan fingerprint density at radius 3 is 2.74 bits per heavy atom. The van der Waals surface area contributed by atoms with Crippen molar-refractivity contribution in [2.24, 2.45) is 5.92 Å². The molecule has 0 radical (unpaired) electrons. The van der Waals surface area contributed by atoms with Crippen molar-refractivity contribution in [1.82, 2.24) is 4.98 Å². The molecule has 104 valence electrons. The first-order chi connectivity index (χ1) is 9.08. The lowest BCUT2D eigenvalue weighted by molar-refractivity contribution is 0.0700. The van der Waals surface area contributed by atoms with Crippen LogP contribution < -0.4 is 4.90 Å². The second-order valence-corrected chi connectivity index (χ2v) is 6.82. The number of carbonyl (C=O) groups is 1. The molecule has 0 bridgehead atoms. The third-order valence-electron chi connectivity index (χ3n) is 4.42. The maximum atomic E-state index is 11.3. The summed E-state index contributed by atoms with van der Waals surface area (Å²) in [7, 11) is 0. The SMILES string of the molecule is CC1CCCN(c2nc(C3CC3)c(C(=O)O)s2)C1C. The molecular formula is C14H20N2O2S. The highest BCUT2D eigenvalue weighted by atomic mass is 32.1. The first-order valence-corrected chi connectivity index (χ1v) is 7.90. The van der Waals surface area contributed by atoms with Gasteiger partial charge in [0.1, 0.15) is 4.88 Å². The molecule has 1 aliphatic carbocycles. The zero-order valence-electron chi connectivity index (χ0n) is 11.4. The van der Waals surface area contributed by atoms with Crippen molar-refractivity contribution in [3.05, 3.63) is 10.6 Å². The molecule has 1 saturated heterocycles. The highest BCUT2D eigenvalue weighted by molar-refractivity contribution is 7.17. The summed E-state index contributed by atoms with van der Waals surface area (Å²) in [6.45, 7) is 5.50. The molecule has 1 aromatic heterocycles. The number of hydrogen-bond acceptors (Lipinski definition) is 4. The minimum absolute atomic E-state index is 0.397. The quantitative estimate of drug-likeness (QED) is 0.922. The minimum atomic E-state index is -0.816. The summed E-state index contributed by atoms with van der Waals surface area (Å²) in [6, 6.07) is 0.452. The summed E-state index contributed by atoms with van der Waals surface area (Å²) in [5, 5.41) is 10.2. The van der Waals surface area contributed by atoms with Gasteiger partial charge in [0, 0.05) is 18.5 Å². The van der Waals surface area contributed by atoms with Crippen LogP contribution in [0.4, 0.5) is 5.13 Å². The van der Waals surface area contributed by atoms with E-state index in [0.717, 1.165) is 30.2 Å². The Hall–Kier alpha value is -1.10. The molecule has 3 rings (SSSR count). The fourth-order valence-corrected chi connectivity index (χ4v) is 3.94. The van der Waals surface area contributed by atoms with Crippen molar-refractivity contribution in [2.45, 2.75) is 51.5 Å². The average molecular weight is 280 g/mol. The lowest BCUT2D eigenvalue weighted by Gasteiger charge is -2.37. The molecule has 1 aromatic rings. The lowest BCUT2D eigenvalue weighted by Crippen LogP contribution is -2.42. The number of rotatable bonds is 3. The van der Waals surface area contributed by atoms with Gasteiger partial charge >= 0.3 is 5.97 Å². The van der Waals surface area contributed by atoms with E-state index in [1.165, 1.54) is 24.2 Å². The van der Waals surface area contributed by atoms with Crippen LogP contribution in [0.3, 0.4) is 0 Å². The Morgan fingerprint density at radius 2 is 2.11 bits per heavy atom. The molecule has 2 unspecified atom stereocenters. The Balaban J connectivity index is 1.92. The number of carboxylic acid groups (broad SMARTS) is 1. The van der Waals surface area contributed by atoms with Crippen molar-refractivity contribution in [2.75, 3.05) is 11.4 Å². The summed E-state index contributed by atoms with van der Waals surface area (Å²) in [6.07, 6.45) is 4.61. The van der Waals surface area contributed by atoms with Crippen LogP contribution in [0.25, 0.3) is 0 Å². The van der Waals surface area contributed by atoms with Crippen molar-refractivity contribution in [1.29, 1.82) is 0 Å². The molecule has 4 nitrogen and oxygen atoms in total. The van der Waals surface area contributed by atoms with Crippen LogP contribution >= 0.6 is 11.3 Å². The van der Waals surface area contributed by atoms with E-state index < -0.39 is 5.97 Å². The predicted octanol–water partition coefficient (Wildman–Crippen LogP) is 3.34. The van der Waals surface area contributed by atoms with Gasteiger partial charge in [0.2, 0.25) is 0 Å². The zero-order chi connectivity index (χ0) is 13.6. The highest BCUT2D eigenvalue weighted by Crippen LogP contribution is 2.45. The fourth-order valence-electron chi connectivity index (χ4n) is 2.84. The predicted molar refractivity (Wildman–Crippen MR) is 76.3 cm³/mol. The van der Waals surface area contributed by atoms with Crippen LogP contribution in [-0.4, -0.2) is 28.6 Å². The normalized spacial score (nSPS) is 27.6. The van der Waals surface area contributed by atoms with Crippen LogP contribution in [0.15, 0.2) is 0 Å². The Bertz CT molecular complexity index is 496. The molecule has 2 aliphatic rings.